The first-order valence-electron chi connectivity index (χ1n) is 7.13. The Morgan fingerprint density at radius 1 is 1.35 bits per heavy atom. The van der Waals surface area contributed by atoms with Crippen LogP contribution >= 0.6 is 0 Å². The van der Waals surface area contributed by atoms with Crippen LogP contribution in [-0.2, 0) is 0 Å². The monoisotopic (exact) mass is 281 g/mol. The number of nitrogens with two attached hydrogens (primary N) is 1. The van der Waals surface area contributed by atoms with Crippen LogP contribution in [0.5, 0.6) is 5.88 Å². The predicted octanol–water partition coefficient (Wildman–Crippen LogP) is 1.99. The van der Waals surface area contributed by atoms with Gasteiger partial charge in [-0.2, -0.15) is 9.97 Å². The van der Waals surface area contributed by atoms with Gasteiger partial charge in [0.2, 0.25) is 11.8 Å². The average molecular weight is 281 g/mol. The highest BCUT2D eigenvalue weighted by Gasteiger charge is 2.11. The van der Waals surface area contributed by atoms with E-state index in [1.54, 1.807) is 6.07 Å². The molecule has 0 amide bonds. The van der Waals surface area contributed by atoms with Gasteiger partial charge >= 0.3 is 0 Å². The molecule has 6 heteroatoms. The van der Waals surface area contributed by atoms with Gasteiger partial charge in [0.05, 0.1) is 6.10 Å². The zero-order valence-corrected chi connectivity index (χ0v) is 13.2. The normalized spacial score (nSPS) is 12.8. The minimum Gasteiger partial charge on any atom is -0.475 e. The van der Waals surface area contributed by atoms with Gasteiger partial charge in [0.1, 0.15) is 5.82 Å². The standard InChI is InChI=1S/C14H27N5O/c1-6-7-11(19(4)5)9-16-12-8-13(20-10(2)3)18-14(15)17-12/h8,10-11H,6-7,9H2,1-5H3,(H3,15,16,17,18). The van der Waals surface area contributed by atoms with Crippen LogP contribution < -0.4 is 15.8 Å². The Morgan fingerprint density at radius 2 is 2.05 bits per heavy atom. The molecule has 0 aromatic carbocycles. The fraction of sp³-hybridized carbons (Fsp3) is 0.714. The maximum absolute atomic E-state index is 5.71. The molecule has 0 bridgehead atoms. The molecule has 3 N–H and O–H groups in total. The summed E-state index contributed by atoms with van der Waals surface area (Å²) < 4.78 is 5.56. The maximum Gasteiger partial charge on any atom is 0.225 e. The van der Waals surface area contributed by atoms with Crippen LogP contribution in [-0.4, -0.2) is 47.7 Å². The van der Waals surface area contributed by atoms with Crippen molar-refractivity contribution in [2.24, 2.45) is 0 Å². The van der Waals surface area contributed by atoms with E-state index >= 15 is 0 Å². The Morgan fingerprint density at radius 3 is 2.60 bits per heavy atom. The topological polar surface area (TPSA) is 76.3 Å². The molecule has 0 saturated heterocycles. The van der Waals surface area contributed by atoms with Crippen LogP contribution in [0.25, 0.3) is 0 Å². The lowest BCUT2D eigenvalue weighted by Gasteiger charge is -2.24. The van der Waals surface area contributed by atoms with E-state index in [0.29, 0.717) is 17.7 Å². The highest BCUT2D eigenvalue weighted by atomic mass is 16.5. The average Bonchev–Trinajstić information content (AvgIpc) is 2.32. The minimum atomic E-state index is 0.0618. The van der Waals surface area contributed by atoms with Crippen LogP contribution in [0.4, 0.5) is 11.8 Å². The van der Waals surface area contributed by atoms with Crippen LogP contribution in [0.2, 0.25) is 0 Å². The molecular weight excluding hydrogens is 254 g/mol. The molecule has 1 unspecified atom stereocenters. The van der Waals surface area contributed by atoms with Gasteiger partial charge in [-0.1, -0.05) is 13.3 Å². The molecule has 1 aromatic heterocycles. The van der Waals surface area contributed by atoms with Crippen LogP contribution in [0.1, 0.15) is 33.6 Å². The molecule has 20 heavy (non-hydrogen) atoms. The number of hydrogen-bond donors (Lipinski definition) is 2. The molecule has 0 aliphatic carbocycles. The summed E-state index contributed by atoms with van der Waals surface area (Å²) in [5.41, 5.74) is 5.71. The Balaban J connectivity index is 2.69. The molecule has 1 rings (SSSR count). The highest BCUT2D eigenvalue weighted by Crippen LogP contribution is 2.16. The molecule has 0 fully saturated rings. The van der Waals surface area contributed by atoms with Gasteiger partial charge in [-0.3, -0.25) is 0 Å². The van der Waals surface area contributed by atoms with Gasteiger partial charge in [-0.05, 0) is 34.4 Å². The van der Waals surface area contributed by atoms with E-state index < -0.39 is 0 Å². The summed E-state index contributed by atoms with van der Waals surface area (Å²) in [4.78, 5) is 10.5. The largest absolute Gasteiger partial charge is 0.475 e. The fourth-order valence-electron chi connectivity index (χ4n) is 1.93. The van der Waals surface area contributed by atoms with Crippen molar-refractivity contribution < 1.29 is 4.74 Å². The summed E-state index contributed by atoms with van der Waals surface area (Å²) in [6.45, 7) is 6.91. The van der Waals surface area contributed by atoms with E-state index in [2.05, 4.69) is 41.2 Å². The number of nitrogens with zero attached hydrogens (tertiary/aromatic N) is 3. The smallest absolute Gasteiger partial charge is 0.225 e. The van der Waals surface area contributed by atoms with E-state index in [0.717, 1.165) is 19.4 Å². The number of hydrogen-bond acceptors (Lipinski definition) is 6. The van der Waals surface area contributed by atoms with Crippen molar-refractivity contribution in [1.82, 2.24) is 14.9 Å². The quantitative estimate of drug-likeness (QED) is 0.759. The number of ether oxygens (including phenoxy) is 1. The summed E-state index contributed by atoms with van der Waals surface area (Å²) >= 11 is 0. The number of rotatable bonds is 8. The van der Waals surface area contributed by atoms with Gasteiger partial charge in [0, 0.05) is 18.7 Å². The van der Waals surface area contributed by atoms with E-state index in [9.17, 15) is 0 Å². The number of nitrogens with one attached hydrogen (secondary N) is 1. The van der Waals surface area contributed by atoms with Crippen molar-refractivity contribution >= 4 is 11.8 Å². The SMILES string of the molecule is CCCC(CNc1cc(OC(C)C)nc(N)n1)N(C)C. The second-order valence-corrected chi connectivity index (χ2v) is 5.40. The van der Waals surface area contributed by atoms with Gasteiger partial charge in [0.25, 0.3) is 0 Å². The summed E-state index contributed by atoms with van der Waals surface area (Å²) in [5, 5.41) is 3.31. The van der Waals surface area contributed by atoms with Gasteiger partial charge in [-0.25, -0.2) is 0 Å². The number of aromatic nitrogens is 2. The Bertz CT molecular complexity index is 409. The Hall–Kier alpha value is -1.56. The van der Waals surface area contributed by atoms with Gasteiger partial charge < -0.3 is 20.7 Å². The molecular formula is C14H27N5O. The third kappa shape index (κ3) is 5.61. The molecule has 0 spiro atoms. The predicted molar refractivity (Wildman–Crippen MR) is 83.1 cm³/mol. The van der Waals surface area contributed by atoms with Crippen LogP contribution in [0.3, 0.4) is 0 Å². The Kier molecular flexibility index (Phi) is 6.51. The minimum absolute atomic E-state index is 0.0618. The van der Waals surface area contributed by atoms with Crippen molar-refractivity contribution in [3.05, 3.63) is 6.07 Å². The first-order valence-corrected chi connectivity index (χ1v) is 7.13. The lowest BCUT2D eigenvalue weighted by Crippen LogP contribution is -2.34. The van der Waals surface area contributed by atoms with E-state index in [4.69, 9.17) is 10.5 Å². The number of nitrogen functional groups attached to an aromatic ring is 1. The molecule has 0 aliphatic rings. The summed E-state index contributed by atoms with van der Waals surface area (Å²) in [6, 6.07) is 2.25. The first kappa shape index (κ1) is 16.5. The van der Waals surface area contributed by atoms with Gasteiger partial charge in [-0.15, -0.1) is 0 Å². The van der Waals surface area contributed by atoms with Crippen LogP contribution in [0, 0.1) is 0 Å². The van der Waals surface area contributed by atoms with Crippen molar-refractivity contribution in [1.29, 1.82) is 0 Å². The second kappa shape index (κ2) is 7.89. The van der Waals surface area contributed by atoms with E-state index in [1.807, 2.05) is 13.8 Å². The zero-order chi connectivity index (χ0) is 15.1. The lowest BCUT2D eigenvalue weighted by atomic mass is 10.1. The second-order valence-electron chi connectivity index (χ2n) is 5.40. The Labute approximate surface area is 121 Å². The molecule has 1 aromatic rings. The van der Waals surface area contributed by atoms with Crippen molar-refractivity contribution in [3.8, 4) is 5.88 Å². The van der Waals surface area contributed by atoms with Crippen LogP contribution in [0.15, 0.2) is 6.07 Å². The lowest BCUT2D eigenvalue weighted by molar-refractivity contribution is 0.233. The van der Waals surface area contributed by atoms with Crippen molar-refractivity contribution in [2.45, 2.75) is 45.8 Å². The fourth-order valence-corrected chi connectivity index (χ4v) is 1.93. The summed E-state index contributed by atoms with van der Waals surface area (Å²) in [5.74, 6) is 1.44. The molecule has 6 nitrogen and oxygen atoms in total. The third-order valence-corrected chi connectivity index (χ3v) is 2.95. The maximum atomic E-state index is 5.71. The first-order chi connectivity index (χ1) is 9.42. The molecule has 114 valence electrons. The van der Waals surface area contributed by atoms with E-state index in [-0.39, 0.29) is 12.1 Å². The van der Waals surface area contributed by atoms with Crippen molar-refractivity contribution in [3.63, 3.8) is 0 Å². The molecule has 0 aliphatic heterocycles. The summed E-state index contributed by atoms with van der Waals surface area (Å²) in [6.07, 6.45) is 2.35. The molecule has 0 radical (unpaired) electrons. The highest BCUT2D eigenvalue weighted by molar-refractivity contribution is 5.42. The molecule has 1 heterocycles. The summed E-state index contributed by atoms with van der Waals surface area (Å²) in [7, 11) is 4.17. The van der Waals surface area contributed by atoms with Crippen molar-refractivity contribution in [2.75, 3.05) is 31.7 Å². The van der Waals surface area contributed by atoms with E-state index in [1.165, 1.54) is 0 Å². The van der Waals surface area contributed by atoms with Gasteiger partial charge in [0.15, 0.2) is 0 Å². The number of likely N-dealkylation sites (N-methyl/N-ethyl adjacent to an activating group) is 1. The molecule has 1 atom stereocenters. The third-order valence-electron chi connectivity index (χ3n) is 2.95. The molecule has 0 saturated carbocycles. The zero-order valence-electron chi connectivity index (χ0n) is 13.2. The number of anilines is 2.